The first-order chi connectivity index (χ1) is 13.0. The Labute approximate surface area is 172 Å². The molecule has 2 aromatic carbocycles. The molecular weight excluding hydrogens is 379 g/mol. The number of carbonyl (C=O) groups is 1. The molecule has 0 N–H and O–H groups in total. The van der Waals surface area contributed by atoms with Crippen LogP contribution >= 0.6 is 12.4 Å². The van der Waals surface area contributed by atoms with Gasteiger partial charge in [0.05, 0.1) is 0 Å². The average Bonchev–Trinajstić information content (AvgIpc) is 2.67. The lowest BCUT2D eigenvalue weighted by atomic mass is 10.1. The summed E-state index contributed by atoms with van der Waals surface area (Å²) in [5.41, 5.74) is 1.58. The van der Waals surface area contributed by atoms with Crippen LogP contribution in [0.3, 0.4) is 0 Å². The van der Waals surface area contributed by atoms with Crippen molar-refractivity contribution in [2.45, 2.75) is 20.5 Å². The number of benzene rings is 2. The van der Waals surface area contributed by atoms with Gasteiger partial charge in [-0.25, -0.2) is 4.39 Å². The Morgan fingerprint density at radius 2 is 1.61 bits per heavy atom. The molecule has 6 heteroatoms. The molecule has 0 bridgehead atoms. The Kier molecular flexibility index (Phi) is 8.27. The molecule has 1 fully saturated rings. The number of carbonyl (C=O) groups excluding carboxylic acids is 1. The van der Waals surface area contributed by atoms with Crippen LogP contribution < -0.4 is 4.74 Å². The molecule has 0 aromatic heterocycles. The Balaban J connectivity index is 0.00000280. The van der Waals surface area contributed by atoms with E-state index in [9.17, 15) is 9.18 Å². The van der Waals surface area contributed by atoms with E-state index in [1.165, 1.54) is 12.1 Å². The minimum absolute atomic E-state index is 0. The number of halogens is 2. The highest BCUT2D eigenvalue weighted by Gasteiger charge is 2.22. The molecule has 0 spiro atoms. The number of amides is 1. The molecule has 1 aliphatic rings. The van der Waals surface area contributed by atoms with Crippen molar-refractivity contribution in [2.75, 3.05) is 32.7 Å². The van der Waals surface area contributed by atoms with Crippen molar-refractivity contribution in [1.29, 1.82) is 0 Å². The van der Waals surface area contributed by atoms with Gasteiger partial charge in [-0.1, -0.05) is 26.0 Å². The van der Waals surface area contributed by atoms with Crippen LogP contribution in [0.15, 0.2) is 48.5 Å². The predicted molar refractivity (Wildman–Crippen MR) is 112 cm³/mol. The molecule has 1 heterocycles. The monoisotopic (exact) mass is 406 g/mol. The Bertz CT molecular complexity index is 742. The molecule has 0 aliphatic carbocycles. The Hall–Kier alpha value is -2.11. The zero-order chi connectivity index (χ0) is 19.2. The normalized spacial score (nSPS) is 14.6. The van der Waals surface area contributed by atoms with E-state index in [4.69, 9.17) is 4.74 Å². The standard InChI is InChI=1S/C22H27FN2O2.ClH/c1-17(2)15-24-11-13-25(14-12-24)22(26)19-5-9-21(10-6-19)27-16-18-3-7-20(23)8-4-18;/h3-10,17H,11-16H2,1-2H3;1H. The molecule has 0 atom stereocenters. The van der Waals surface area contributed by atoms with Gasteiger partial charge in [-0.05, 0) is 47.9 Å². The van der Waals surface area contributed by atoms with Crippen LogP contribution in [0.1, 0.15) is 29.8 Å². The summed E-state index contributed by atoms with van der Waals surface area (Å²) < 4.78 is 18.6. The van der Waals surface area contributed by atoms with E-state index in [1.807, 2.05) is 29.2 Å². The third-order valence-corrected chi connectivity index (χ3v) is 4.70. The van der Waals surface area contributed by atoms with E-state index < -0.39 is 0 Å². The molecule has 1 amide bonds. The number of rotatable bonds is 6. The van der Waals surface area contributed by atoms with Crippen LogP contribution in [0, 0.1) is 11.7 Å². The molecule has 3 rings (SSSR count). The van der Waals surface area contributed by atoms with E-state index in [0.717, 1.165) is 38.3 Å². The fraction of sp³-hybridized carbons (Fsp3) is 0.409. The number of piperazine rings is 1. The third kappa shape index (κ3) is 6.21. The highest BCUT2D eigenvalue weighted by molar-refractivity contribution is 5.94. The number of ether oxygens (including phenoxy) is 1. The molecule has 1 saturated heterocycles. The van der Waals surface area contributed by atoms with E-state index in [0.29, 0.717) is 23.8 Å². The Morgan fingerprint density at radius 3 is 2.18 bits per heavy atom. The van der Waals surface area contributed by atoms with Gasteiger partial charge in [0.15, 0.2) is 0 Å². The minimum atomic E-state index is -0.258. The van der Waals surface area contributed by atoms with Gasteiger partial charge < -0.3 is 9.64 Å². The number of hydrogen-bond acceptors (Lipinski definition) is 3. The van der Waals surface area contributed by atoms with E-state index >= 15 is 0 Å². The lowest BCUT2D eigenvalue weighted by Crippen LogP contribution is -2.49. The first-order valence-electron chi connectivity index (χ1n) is 9.50. The second kappa shape index (κ2) is 10.4. The van der Waals surface area contributed by atoms with Crippen molar-refractivity contribution < 1.29 is 13.9 Å². The summed E-state index contributed by atoms with van der Waals surface area (Å²) >= 11 is 0. The summed E-state index contributed by atoms with van der Waals surface area (Å²) in [7, 11) is 0. The highest BCUT2D eigenvalue weighted by atomic mass is 35.5. The van der Waals surface area contributed by atoms with Gasteiger partial charge in [0, 0.05) is 38.3 Å². The van der Waals surface area contributed by atoms with Crippen molar-refractivity contribution in [3.63, 3.8) is 0 Å². The highest BCUT2D eigenvalue weighted by Crippen LogP contribution is 2.17. The number of hydrogen-bond donors (Lipinski definition) is 0. The lowest BCUT2D eigenvalue weighted by molar-refractivity contribution is 0.0624. The molecule has 1 aliphatic heterocycles. The fourth-order valence-corrected chi connectivity index (χ4v) is 3.27. The number of nitrogens with zero attached hydrogens (tertiary/aromatic N) is 2. The minimum Gasteiger partial charge on any atom is -0.489 e. The summed E-state index contributed by atoms with van der Waals surface area (Å²) in [6.07, 6.45) is 0. The van der Waals surface area contributed by atoms with Gasteiger partial charge in [0.25, 0.3) is 5.91 Å². The maximum atomic E-state index is 12.9. The first kappa shape index (κ1) is 22.2. The SMILES string of the molecule is CC(C)CN1CCN(C(=O)c2ccc(OCc3ccc(F)cc3)cc2)CC1.Cl. The van der Waals surface area contributed by atoms with Crippen LogP contribution in [0.4, 0.5) is 4.39 Å². The largest absolute Gasteiger partial charge is 0.489 e. The zero-order valence-electron chi connectivity index (χ0n) is 16.4. The summed E-state index contributed by atoms with van der Waals surface area (Å²) in [6, 6.07) is 13.5. The zero-order valence-corrected chi connectivity index (χ0v) is 17.3. The van der Waals surface area contributed by atoms with Gasteiger partial charge in [-0.15, -0.1) is 12.4 Å². The maximum absolute atomic E-state index is 12.9. The maximum Gasteiger partial charge on any atom is 0.253 e. The first-order valence-corrected chi connectivity index (χ1v) is 9.50. The molecule has 28 heavy (non-hydrogen) atoms. The molecule has 0 saturated carbocycles. The third-order valence-electron chi connectivity index (χ3n) is 4.70. The van der Waals surface area contributed by atoms with Crippen LogP contribution in [-0.4, -0.2) is 48.4 Å². The van der Waals surface area contributed by atoms with Crippen LogP contribution in [0.5, 0.6) is 5.75 Å². The van der Waals surface area contributed by atoms with E-state index in [-0.39, 0.29) is 24.1 Å². The summed E-state index contributed by atoms with van der Waals surface area (Å²) in [6.45, 7) is 9.30. The van der Waals surface area contributed by atoms with Crippen LogP contribution in [0.25, 0.3) is 0 Å². The van der Waals surface area contributed by atoms with Crippen LogP contribution in [-0.2, 0) is 6.61 Å². The van der Waals surface area contributed by atoms with E-state index in [2.05, 4.69) is 18.7 Å². The topological polar surface area (TPSA) is 32.8 Å². The summed E-state index contributed by atoms with van der Waals surface area (Å²) in [5.74, 6) is 1.16. The Morgan fingerprint density at radius 1 is 1.00 bits per heavy atom. The molecule has 0 unspecified atom stereocenters. The molecular formula is C22H28ClFN2O2. The molecule has 2 aromatic rings. The second-order valence-corrected chi connectivity index (χ2v) is 7.43. The summed E-state index contributed by atoms with van der Waals surface area (Å²) in [4.78, 5) is 17.0. The van der Waals surface area contributed by atoms with Gasteiger partial charge in [0.1, 0.15) is 18.2 Å². The molecule has 4 nitrogen and oxygen atoms in total. The lowest BCUT2D eigenvalue weighted by Gasteiger charge is -2.35. The van der Waals surface area contributed by atoms with Crippen LogP contribution in [0.2, 0.25) is 0 Å². The van der Waals surface area contributed by atoms with Crippen molar-refractivity contribution in [3.05, 3.63) is 65.5 Å². The van der Waals surface area contributed by atoms with Gasteiger partial charge in [-0.3, -0.25) is 9.69 Å². The van der Waals surface area contributed by atoms with Crippen molar-refractivity contribution >= 4 is 18.3 Å². The van der Waals surface area contributed by atoms with E-state index in [1.54, 1.807) is 12.1 Å². The van der Waals surface area contributed by atoms with Gasteiger partial charge >= 0.3 is 0 Å². The van der Waals surface area contributed by atoms with Gasteiger partial charge in [-0.2, -0.15) is 0 Å². The molecule has 152 valence electrons. The predicted octanol–water partition coefficient (Wildman–Crippen LogP) is 4.24. The molecule has 0 radical (unpaired) electrons. The smallest absolute Gasteiger partial charge is 0.253 e. The average molecular weight is 407 g/mol. The fourth-order valence-electron chi connectivity index (χ4n) is 3.27. The van der Waals surface area contributed by atoms with Crippen molar-refractivity contribution in [2.24, 2.45) is 5.92 Å². The van der Waals surface area contributed by atoms with Crippen molar-refractivity contribution in [1.82, 2.24) is 9.80 Å². The summed E-state index contributed by atoms with van der Waals surface area (Å²) in [5, 5.41) is 0. The van der Waals surface area contributed by atoms with Gasteiger partial charge in [0.2, 0.25) is 0 Å². The second-order valence-electron chi connectivity index (χ2n) is 7.43. The quantitative estimate of drug-likeness (QED) is 0.719. The van der Waals surface area contributed by atoms with Crippen molar-refractivity contribution in [3.8, 4) is 5.75 Å².